The minimum Gasteiger partial charge on any atom is -0.352 e. The van der Waals surface area contributed by atoms with Crippen LogP contribution in [0.25, 0.3) is 0 Å². The van der Waals surface area contributed by atoms with Crippen LogP contribution in [0.3, 0.4) is 0 Å². The summed E-state index contributed by atoms with van der Waals surface area (Å²) in [5.74, 6) is 0.655. The van der Waals surface area contributed by atoms with E-state index < -0.39 is 6.04 Å². The van der Waals surface area contributed by atoms with E-state index in [0.717, 1.165) is 47.3 Å². The smallest absolute Gasteiger partial charge is 0.243 e. The summed E-state index contributed by atoms with van der Waals surface area (Å²) in [6, 6.07) is 28.0. The lowest BCUT2D eigenvalue weighted by molar-refractivity contribution is -0.141. The first kappa shape index (κ1) is 26.0. The molecule has 1 saturated carbocycles. The standard InChI is InChI=1S/C31H36N2O2S/c1-24-12-8-9-15-26(24)23-33(30(34)20-21-36-28-18-6-3-7-19-28)29(22-25-13-4-2-5-14-25)31(35)32-27-16-10-11-17-27/h2-9,12-15,18-19,27,29H,10-11,16-17,20-23H2,1H3,(H,32,35)/t29-/m1/s1. The topological polar surface area (TPSA) is 49.4 Å². The first-order valence-corrected chi connectivity index (χ1v) is 13.9. The molecule has 1 atom stereocenters. The third kappa shape index (κ3) is 7.47. The van der Waals surface area contributed by atoms with E-state index in [2.05, 4.69) is 36.5 Å². The molecule has 1 fully saturated rings. The summed E-state index contributed by atoms with van der Waals surface area (Å²) in [4.78, 5) is 30.4. The molecule has 0 saturated heterocycles. The number of carbonyl (C=O) groups is 2. The first-order valence-electron chi connectivity index (χ1n) is 13.0. The van der Waals surface area contributed by atoms with E-state index in [1.807, 2.05) is 65.6 Å². The lowest BCUT2D eigenvalue weighted by Crippen LogP contribution is -2.52. The van der Waals surface area contributed by atoms with Crippen LogP contribution in [0.5, 0.6) is 0 Å². The molecule has 0 aromatic heterocycles. The molecule has 2 amide bonds. The Bertz CT molecular complexity index is 1110. The van der Waals surface area contributed by atoms with Gasteiger partial charge in [0.15, 0.2) is 0 Å². The molecular weight excluding hydrogens is 464 g/mol. The lowest BCUT2D eigenvalue weighted by atomic mass is 10.0. The van der Waals surface area contributed by atoms with Crippen molar-refractivity contribution < 1.29 is 9.59 Å². The number of aryl methyl sites for hydroxylation is 1. The Morgan fingerprint density at radius 1 is 0.917 bits per heavy atom. The van der Waals surface area contributed by atoms with Crippen molar-refractivity contribution in [3.05, 3.63) is 102 Å². The van der Waals surface area contributed by atoms with Crippen LogP contribution < -0.4 is 5.32 Å². The van der Waals surface area contributed by atoms with E-state index in [1.54, 1.807) is 11.8 Å². The third-order valence-corrected chi connectivity index (χ3v) is 7.92. The summed E-state index contributed by atoms with van der Waals surface area (Å²) in [6.45, 7) is 2.49. The normalized spacial score (nSPS) is 14.4. The molecule has 1 N–H and O–H groups in total. The van der Waals surface area contributed by atoms with Gasteiger partial charge in [-0.25, -0.2) is 0 Å². The predicted molar refractivity (Wildman–Crippen MR) is 148 cm³/mol. The molecule has 0 radical (unpaired) electrons. The number of amides is 2. The molecule has 188 valence electrons. The molecule has 3 aromatic rings. The van der Waals surface area contributed by atoms with E-state index >= 15 is 0 Å². The Kier molecular flexibility index (Phi) is 9.62. The summed E-state index contributed by atoms with van der Waals surface area (Å²) in [5, 5.41) is 3.28. The Balaban J connectivity index is 1.57. The molecule has 3 aromatic carbocycles. The predicted octanol–water partition coefficient (Wildman–Crippen LogP) is 6.18. The van der Waals surface area contributed by atoms with Gasteiger partial charge >= 0.3 is 0 Å². The number of rotatable bonds is 11. The Morgan fingerprint density at radius 2 is 1.56 bits per heavy atom. The lowest BCUT2D eigenvalue weighted by Gasteiger charge is -2.33. The fourth-order valence-corrected chi connectivity index (χ4v) is 5.67. The summed E-state index contributed by atoms with van der Waals surface area (Å²) in [5.41, 5.74) is 3.27. The second kappa shape index (κ2) is 13.3. The Morgan fingerprint density at radius 3 is 2.25 bits per heavy atom. The van der Waals surface area contributed by atoms with E-state index in [0.29, 0.717) is 25.1 Å². The fraction of sp³-hybridized carbons (Fsp3) is 0.355. The number of nitrogens with zero attached hydrogens (tertiary/aromatic N) is 1. The molecule has 5 heteroatoms. The van der Waals surface area contributed by atoms with E-state index in [-0.39, 0.29) is 17.9 Å². The van der Waals surface area contributed by atoms with Gasteiger partial charge in [-0.1, -0.05) is 85.6 Å². The van der Waals surface area contributed by atoms with Crippen molar-refractivity contribution in [3.63, 3.8) is 0 Å². The van der Waals surface area contributed by atoms with Gasteiger partial charge in [0.2, 0.25) is 11.8 Å². The molecule has 0 unspecified atom stereocenters. The molecule has 4 nitrogen and oxygen atoms in total. The second-order valence-corrected chi connectivity index (χ2v) is 10.7. The van der Waals surface area contributed by atoms with Gasteiger partial charge < -0.3 is 10.2 Å². The summed E-state index contributed by atoms with van der Waals surface area (Å²) < 4.78 is 0. The monoisotopic (exact) mass is 500 g/mol. The van der Waals surface area contributed by atoms with Crippen LogP contribution in [-0.2, 0) is 22.6 Å². The van der Waals surface area contributed by atoms with Crippen molar-refractivity contribution in [3.8, 4) is 0 Å². The van der Waals surface area contributed by atoms with Gasteiger partial charge in [-0.2, -0.15) is 0 Å². The highest BCUT2D eigenvalue weighted by atomic mass is 32.2. The molecule has 1 aliphatic rings. The summed E-state index contributed by atoms with van der Waals surface area (Å²) in [7, 11) is 0. The molecule has 0 spiro atoms. The van der Waals surface area contributed by atoms with Crippen LogP contribution in [0.2, 0.25) is 0 Å². The van der Waals surface area contributed by atoms with Crippen molar-refractivity contribution >= 4 is 23.6 Å². The van der Waals surface area contributed by atoms with Crippen LogP contribution >= 0.6 is 11.8 Å². The minimum absolute atomic E-state index is 0.0178. The number of hydrogen-bond donors (Lipinski definition) is 1. The minimum atomic E-state index is -0.554. The van der Waals surface area contributed by atoms with Crippen molar-refractivity contribution in [2.45, 2.75) is 69.0 Å². The molecule has 0 heterocycles. The van der Waals surface area contributed by atoms with Gasteiger partial charge in [0.25, 0.3) is 0 Å². The van der Waals surface area contributed by atoms with Gasteiger partial charge in [-0.05, 0) is 48.6 Å². The molecule has 4 rings (SSSR count). The largest absolute Gasteiger partial charge is 0.352 e. The molecular formula is C31H36N2O2S. The number of hydrogen-bond acceptors (Lipinski definition) is 3. The van der Waals surface area contributed by atoms with Crippen LogP contribution in [-0.4, -0.2) is 34.6 Å². The maximum Gasteiger partial charge on any atom is 0.243 e. The van der Waals surface area contributed by atoms with E-state index in [9.17, 15) is 9.59 Å². The van der Waals surface area contributed by atoms with Gasteiger partial charge in [0.05, 0.1) is 0 Å². The average Bonchev–Trinajstić information content (AvgIpc) is 3.41. The van der Waals surface area contributed by atoms with Gasteiger partial charge in [-0.3, -0.25) is 9.59 Å². The number of nitrogens with one attached hydrogen (secondary N) is 1. The van der Waals surface area contributed by atoms with Crippen molar-refractivity contribution in [2.75, 3.05) is 5.75 Å². The van der Waals surface area contributed by atoms with Crippen LogP contribution in [0.15, 0.2) is 89.8 Å². The second-order valence-electron chi connectivity index (χ2n) is 9.56. The molecule has 36 heavy (non-hydrogen) atoms. The summed E-state index contributed by atoms with van der Waals surface area (Å²) >= 11 is 1.68. The highest BCUT2D eigenvalue weighted by Gasteiger charge is 2.32. The SMILES string of the molecule is Cc1ccccc1CN(C(=O)CCSc1ccccc1)[C@H](Cc1ccccc1)C(=O)NC1CCCC1. The third-order valence-electron chi connectivity index (χ3n) is 6.90. The molecule has 1 aliphatic carbocycles. The number of thioether (sulfide) groups is 1. The van der Waals surface area contributed by atoms with E-state index in [1.165, 1.54) is 0 Å². The van der Waals surface area contributed by atoms with Crippen LogP contribution in [0.4, 0.5) is 0 Å². The highest BCUT2D eigenvalue weighted by Crippen LogP contribution is 2.23. The zero-order chi connectivity index (χ0) is 25.2. The maximum absolute atomic E-state index is 13.8. The van der Waals surface area contributed by atoms with Crippen LogP contribution in [0, 0.1) is 6.92 Å². The highest BCUT2D eigenvalue weighted by molar-refractivity contribution is 7.99. The van der Waals surface area contributed by atoms with Gasteiger partial charge in [-0.15, -0.1) is 11.8 Å². The molecule has 0 bridgehead atoms. The molecule has 0 aliphatic heterocycles. The zero-order valence-electron chi connectivity index (χ0n) is 21.1. The van der Waals surface area contributed by atoms with Crippen molar-refractivity contribution in [1.29, 1.82) is 0 Å². The maximum atomic E-state index is 13.8. The van der Waals surface area contributed by atoms with Crippen molar-refractivity contribution in [2.24, 2.45) is 0 Å². The number of benzene rings is 3. The zero-order valence-corrected chi connectivity index (χ0v) is 21.9. The fourth-order valence-electron chi connectivity index (χ4n) is 4.81. The number of carbonyl (C=O) groups excluding carboxylic acids is 2. The van der Waals surface area contributed by atoms with Gasteiger partial charge in [0.1, 0.15) is 6.04 Å². The van der Waals surface area contributed by atoms with E-state index in [4.69, 9.17) is 0 Å². The van der Waals surface area contributed by atoms with Crippen LogP contribution in [0.1, 0.15) is 48.8 Å². The summed E-state index contributed by atoms with van der Waals surface area (Å²) in [6.07, 6.45) is 5.22. The Labute approximate surface area is 219 Å². The van der Waals surface area contributed by atoms with Gasteiger partial charge in [0, 0.05) is 36.1 Å². The average molecular weight is 501 g/mol. The first-order chi connectivity index (χ1) is 17.6. The quantitative estimate of drug-likeness (QED) is 0.320. The van der Waals surface area contributed by atoms with Crippen molar-refractivity contribution in [1.82, 2.24) is 10.2 Å². The Hall–Kier alpha value is -3.05.